The molecule has 4 rings (SSSR count). The van der Waals surface area contributed by atoms with Crippen LogP contribution in [-0.2, 0) is 0 Å². The lowest BCUT2D eigenvalue weighted by Gasteiger charge is -2.24. The summed E-state index contributed by atoms with van der Waals surface area (Å²) < 4.78 is 5.54. The van der Waals surface area contributed by atoms with Crippen LogP contribution in [0.4, 0.5) is 10.9 Å². The van der Waals surface area contributed by atoms with Crippen LogP contribution in [0, 0.1) is 0 Å². The third-order valence-corrected chi connectivity index (χ3v) is 4.62. The van der Waals surface area contributed by atoms with Crippen molar-refractivity contribution in [1.82, 2.24) is 15.2 Å². The maximum absolute atomic E-state index is 12.2. The summed E-state index contributed by atoms with van der Waals surface area (Å²) >= 11 is 1.28. The molecule has 1 atom stereocenters. The summed E-state index contributed by atoms with van der Waals surface area (Å²) in [5.41, 5.74) is 2.06. The first-order valence-corrected chi connectivity index (χ1v) is 8.53. The van der Waals surface area contributed by atoms with Crippen LogP contribution < -0.4 is 10.2 Å². The number of amides is 1. The molecule has 0 aliphatic carbocycles. The first-order chi connectivity index (χ1) is 11.8. The van der Waals surface area contributed by atoms with Gasteiger partial charge in [-0.25, -0.2) is 4.98 Å². The number of nitrogens with one attached hydrogen (secondary N) is 1. The zero-order valence-electron chi connectivity index (χ0n) is 12.8. The molecule has 0 bridgehead atoms. The van der Waals surface area contributed by atoms with E-state index < -0.39 is 0 Å². The first-order valence-electron chi connectivity index (χ1n) is 7.65. The van der Waals surface area contributed by atoms with Crippen LogP contribution in [0.5, 0.6) is 0 Å². The first kappa shape index (κ1) is 14.8. The molecule has 24 heavy (non-hydrogen) atoms. The van der Waals surface area contributed by atoms with Gasteiger partial charge in [-0.15, -0.1) is 10.2 Å². The van der Waals surface area contributed by atoms with E-state index in [-0.39, 0.29) is 11.9 Å². The Morgan fingerprint density at radius 3 is 3.04 bits per heavy atom. The van der Waals surface area contributed by atoms with Gasteiger partial charge in [0, 0.05) is 12.7 Å². The van der Waals surface area contributed by atoms with Gasteiger partial charge in [0.1, 0.15) is 17.1 Å². The second kappa shape index (κ2) is 6.40. The van der Waals surface area contributed by atoms with Crippen molar-refractivity contribution >= 4 is 28.2 Å². The number of carbonyl (C=O) groups is 1. The topological polar surface area (TPSA) is 84.2 Å². The highest BCUT2D eigenvalue weighted by atomic mass is 32.1. The number of nitrogens with zero attached hydrogens (tertiary/aromatic N) is 4. The molecular formula is C16H15N5O2S. The molecule has 7 nitrogen and oxygen atoms in total. The number of carbonyl (C=O) groups excluding carboxylic acids is 1. The van der Waals surface area contributed by atoms with Gasteiger partial charge in [0.25, 0.3) is 5.91 Å². The maximum atomic E-state index is 12.2. The van der Waals surface area contributed by atoms with E-state index in [2.05, 4.69) is 25.4 Å². The van der Waals surface area contributed by atoms with E-state index in [0.717, 1.165) is 31.0 Å². The van der Waals surface area contributed by atoms with Crippen molar-refractivity contribution in [2.45, 2.75) is 18.9 Å². The molecule has 8 heteroatoms. The third kappa shape index (κ3) is 2.88. The van der Waals surface area contributed by atoms with Crippen LogP contribution in [0.25, 0.3) is 0 Å². The predicted molar refractivity (Wildman–Crippen MR) is 90.1 cm³/mol. The zero-order chi connectivity index (χ0) is 16.4. The minimum absolute atomic E-state index is 0.202. The van der Waals surface area contributed by atoms with E-state index in [1.54, 1.807) is 24.0 Å². The monoisotopic (exact) mass is 341 g/mol. The van der Waals surface area contributed by atoms with Gasteiger partial charge in [-0.05, 0) is 37.1 Å². The molecule has 122 valence electrons. The van der Waals surface area contributed by atoms with Gasteiger partial charge in [0.15, 0.2) is 0 Å². The molecule has 1 unspecified atom stereocenters. The van der Waals surface area contributed by atoms with Gasteiger partial charge in [-0.2, -0.15) is 0 Å². The summed E-state index contributed by atoms with van der Waals surface area (Å²) in [4.78, 5) is 18.8. The Balaban J connectivity index is 1.50. The Hall–Kier alpha value is -2.74. The maximum Gasteiger partial charge on any atom is 0.259 e. The second-order valence-electron chi connectivity index (χ2n) is 5.47. The summed E-state index contributed by atoms with van der Waals surface area (Å²) in [6, 6.07) is 7.74. The second-order valence-corrected chi connectivity index (χ2v) is 6.30. The molecule has 1 saturated heterocycles. The molecule has 4 heterocycles. The summed E-state index contributed by atoms with van der Waals surface area (Å²) in [6.45, 7) is 0.925. The van der Waals surface area contributed by atoms with Crippen LogP contribution in [0.3, 0.4) is 0 Å². The van der Waals surface area contributed by atoms with Crippen LogP contribution >= 0.6 is 11.3 Å². The standard InChI is InChI=1S/C16H15N5O2S/c22-15(19-16-20-18-10-24-16)11-5-6-14(17-9-11)21-7-1-3-12(21)13-4-2-8-23-13/h2,4-6,8-10,12H,1,3,7H2,(H,19,20,22). The van der Waals surface area contributed by atoms with Crippen molar-refractivity contribution < 1.29 is 9.21 Å². The lowest BCUT2D eigenvalue weighted by Crippen LogP contribution is -2.23. The fourth-order valence-electron chi connectivity index (χ4n) is 2.90. The zero-order valence-corrected chi connectivity index (χ0v) is 13.6. The number of aromatic nitrogens is 3. The van der Waals surface area contributed by atoms with Crippen molar-refractivity contribution in [3.8, 4) is 0 Å². The van der Waals surface area contributed by atoms with Crippen molar-refractivity contribution in [3.05, 3.63) is 53.6 Å². The highest BCUT2D eigenvalue weighted by molar-refractivity contribution is 7.13. The SMILES string of the molecule is O=C(Nc1nncs1)c1ccc(N2CCCC2c2ccco2)nc1. The van der Waals surface area contributed by atoms with Gasteiger partial charge in [0.2, 0.25) is 5.13 Å². The van der Waals surface area contributed by atoms with Crippen molar-refractivity contribution in [2.75, 3.05) is 16.8 Å². The molecule has 3 aromatic rings. The Morgan fingerprint density at radius 1 is 1.38 bits per heavy atom. The van der Waals surface area contributed by atoms with Crippen molar-refractivity contribution in [2.24, 2.45) is 0 Å². The fraction of sp³-hybridized carbons (Fsp3) is 0.250. The quantitative estimate of drug-likeness (QED) is 0.785. The van der Waals surface area contributed by atoms with Crippen LogP contribution in [0.2, 0.25) is 0 Å². The van der Waals surface area contributed by atoms with E-state index >= 15 is 0 Å². The molecule has 1 amide bonds. The van der Waals surface area contributed by atoms with Gasteiger partial charge >= 0.3 is 0 Å². The highest BCUT2D eigenvalue weighted by Crippen LogP contribution is 2.35. The van der Waals surface area contributed by atoms with Crippen molar-refractivity contribution in [1.29, 1.82) is 0 Å². The summed E-state index contributed by atoms with van der Waals surface area (Å²) in [7, 11) is 0. The lowest BCUT2D eigenvalue weighted by molar-refractivity contribution is 0.102. The number of pyridine rings is 1. The van der Waals surface area contributed by atoms with E-state index in [0.29, 0.717) is 10.7 Å². The van der Waals surface area contributed by atoms with Crippen molar-refractivity contribution in [3.63, 3.8) is 0 Å². The molecule has 3 aromatic heterocycles. The lowest BCUT2D eigenvalue weighted by atomic mass is 10.1. The minimum Gasteiger partial charge on any atom is -0.467 e. The average molecular weight is 341 g/mol. The van der Waals surface area contributed by atoms with E-state index in [9.17, 15) is 4.79 Å². The van der Waals surface area contributed by atoms with Gasteiger partial charge in [-0.1, -0.05) is 11.3 Å². The largest absolute Gasteiger partial charge is 0.467 e. The summed E-state index contributed by atoms with van der Waals surface area (Å²) in [6.07, 6.45) is 5.41. The highest BCUT2D eigenvalue weighted by Gasteiger charge is 2.29. The number of furan rings is 1. The predicted octanol–water partition coefficient (Wildman–Crippen LogP) is 3.12. The Kier molecular flexibility index (Phi) is 3.96. The molecular weight excluding hydrogens is 326 g/mol. The number of anilines is 2. The fourth-order valence-corrected chi connectivity index (χ4v) is 3.34. The molecule has 1 fully saturated rings. The van der Waals surface area contributed by atoms with Crippen LogP contribution in [0.1, 0.15) is 35.0 Å². The molecule has 0 spiro atoms. The summed E-state index contributed by atoms with van der Waals surface area (Å²) in [5.74, 6) is 1.56. The normalized spacial score (nSPS) is 17.2. The smallest absolute Gasteiger partial charge is 0.259 e. The number of hydrogen-bond acceptors (Lipinski definition) is 7. The molecule has 0 radical (unpaired) electrons. The van der Waals surface area contributed by atoms with Gasteiger partial charge in [-0.3, -0.25) is 10.1 Å². The average Bonchev–Trinajstić information content (AvgIpc) is 3.36. The third-order valence-electron chi connectivity index (χ3n) is 4.01. The van der Waals surface area contributed by atoms with Crippen LogP contribution in [-0.4, -0.2) is 27.6 Å². The molecule has 1 aliphatic heterocycles. The number of rotatable bonds is 4. The number of hydrogen-bond donors (Lipinski definition) is 1. The van der Waals surface area contributed by atoms with E-state index in [1.165, 1.54) is 11.3 Å². The minimum atomic E-state index is -0.241. The van der Waals surface area contributed by atoms with E-state index in [4.69, 9.17) is 4.42 Å². The van der Waals surface area contributed by atoms with Crippen LogP contribution in [0.15, 0.2) is 46.7 Å². The Bertz CT molecular complexity index is 802. The summed E-state index contributed by atoms with van der Waals surface area (Å²) in [5, 5.41) is 10.7. The molecule has 0 saturated carbocycles. The molecule has 0 aromatic carbocycles. The molecule has 1 N–H and O–H groups in total. The Morgan fingerprint density at radius 2 is 2.33 bits per heavy atom. The van der Waals surface area contributed by atoms with E-state index in [1.807, 2.05) is 18.2 Å². The van der Waals surface area contributed by atoms with Gasteiger partial charge < -0.3 is 9.32 Å². The Labute approximate surface area is 142 Å². The molecule has 1 aliphatic rings. The van der Waals surface area contributed by atoms with Gasteiger partial charge in [0.05, 0.1) is 17.9 Å².